The molecule has 1 heterocycles. The van der Waals surface area contributed by atoms with E-state index in [1.54, 1.807) is 0 Å². The van der Waals surface area contributed by atoms with Gasteiger partial charge in [0.05, 0.1) is 0 Å². The molecule has 0 N–H and O–H groups in total. The summed E-state index contributed by atoms with van der Waals surface area (Å²) in [5.41, 5.74) is 0. The van der Waals surface area contributed by atoms with E-state index in [-0.39, 0.29) is 0 Å². The Kier molecular flexibility index (Phi) is 3.22. The molecule has 2 fully saturated rings. The first-order valence-corrected chi connectivity index (χ1v) is 6.04. The predicted octanol–water partition coefficient (Wildman–Crippen LogP) is 2.23. The molecule has 2 heteroatoms. The molecule has 0 bridgehead atoms. The molecule has 0 amide bonds. The standard InChI is InChI=1S/C12H21NO/c1-10-4-3-8-13(10)9-7-11-5-2-6-12(11)14/h10-11H,2-9H2,1H3. The molecule has 80 valence electrons. The minimum Gasteiger partial charge on any atom is -0.301 e. The second-order valence-electron chi connectivity index (χ2n) is 4.87. The van der Waals surface area contributed by atoms with Crippen molar-refractivity contribution in [2.24, 2.45) is 5.92 Å². The van der Waals surface area contributed by atoms with Crippen molar-refractivity contribution in [2.45, 2.75) is 51.5 Å². The van der Waals surface area contributed by atoms with Gasteiger partial charge in [-0.15, -0.1) is 0 Å². The molecule has 1 aliphatic carbocycles. The van der Waals surface area contributed by atoms with Crippen molar-refractivity contribution in [3.05, 3.63) is 0 Å². The number of carbonyl (C=O) groups excluding carboxylic acids is 1. The Labute approximate surface area is 86.7 Å². The molecule has 0 spiro atoms. The first-order chi connectivity index (χ1) is 6.77. The van der Waals surface area contributed by atoms with E-state index < -0.39 is 0 Å². The van der Waals surface area contributed by atoms with Crippen molar-refractivity contribution in [1.82, 2.24) is 4.90 Å². The van der Waals surface area contributed by atoms with Gasteiger partial charge in [0.25, 0.3) is 0 Å². The number of likely N-dealkylation sites (tertiary alicyclic amines) is 1. The molecule has 1 aliphatic heterocycles. The van der Waals surface area contributed by atoms with E-state index in [2.05, 4.69) is 11.8 Å². The molecule has 2 unspecified atom stereocenters. The Bertz CT molecular complexity index is 214. The average Bonchev–Trinajstić information content (AvgIpc) is 2.72. The van der Waals surface area contributed by atoms with Crippen LogP contribution >= 0.6 is 0 Å². The van der Waals surface area contributed by atoms with E-state index in [0.29, 0.717) is 11.7 Å². The van der Waals surface area contributed by atoms with Gasteiger partial charge in [-0.1, -0.05) is 0 Å². The topological polar surface area (TPSA) is 20.3 Å². The smallest absolute Gasteiger partial charge is 0.136 e. The molecule has 0 aromatic carbocycles. The lowest BCUT2D eigenvalue weighted by atomic mass is 10.0. The predicted molar refractivity (Wildman–Crippen MR) is 57.2 cm³/mol. The monoisotopic (exact) mass is 195 g/mol. The number of ketones is 1. The highest BCUT2D eigenvalue weighted by Gasteiger charge is 2.26. The van der Waals surface area contributed by atoms with Crippen molar-refractivity contribution < 1.29 is 4.79 Å². The third-order valence-electron chi connectivity index (χ3n) is 3.89. The van der Waals surface area contributed by atoms with Gasteiger partial charge in [-0.25, -0.2) is 0 Å². The van der Waals surface area contributed by atoms with Crippen molar-refractivity contribution in [1.29, 1.82) is 0 Å². The molecule has 2 atom stereocenters. The van der Waals surface area contributed by atoms with Crippen LogP contribution in [0.25, 0.3) is 0 Å². The average molecular weight is 195 g/mol. The van der Waals surface area contributed by atoms with Gasteiger partial charge in [0, 0.05) is 18.4 Å². The van der Waals surface area contributed by atoms with Gasteiger partial charge in [-0.2, -0.15) is 0 Å². The number of rotatable bonds is 3. The number of Topliss-reactive ketones (excluding diaryl/α,β-unsaturated/α-hetero) is 1. The first kappa shape index (κ1) is 10.2. The zero-order valence-electron chi connectivity index (χ0n) is 9.17. The Hall–Kier alpha value is -0.370. The quantitative estimate of drug-likeness (QED) is 0.688. The van der Waals surface area contributed by atoms with E-state index in [4.69, 9.17) is 0 Å². The molecular formula is C12H21NO. The summed E-state index contributed by atoms with van der Waals surface area (Å²) in [6.45, 7) is 4.71. The molecule has 14 heavy (non-hydrogen) atoms. The summed E-state index contributed by atoms with van der Waals surface area (Å²) < 4.78 is 0. The maximum absolute atomic E-state index is 11.4. The van der Waals surface area contributed by atoms with Gasteiger partial charge in [-0.3, -0.25) is 4.79 Å². The number of nitrogens with zero attached hydrogens (tertiary/aromatic N) is 1. The summed E-state index contributed by atoms with van der Waals surface area (Å²) in [6.07, 6.45) is 6.95. The molecule has 2 rings (SSSR count). The normalized spacial score (nSPS) is 34.2. The third-order valence-corrected chi connectivity index (χ3v) is 3.89. The van der Waals surface area contributed by atoms with Gasteiger partial charge < -0.3 is 4.90 Å². The lowest BCUT2D eigenvalue weighted by molar-refractivity contribution is -0.120. The van der Waals surface area contributed by atoms with Crippen LogP contribution in [0.1, 0.15) is 45.4 Å². The first-order valence-electron chi connectivity index (χ1n) is 6.04. The van der Waals surface area contributed by atoms with Crippen molar-refractivity contribution in [2.75, 3.05) is 13.1 Å². The summed E-state index contributed by atoms with van der Waals surface area (Å²) >= 11 is 0. The Balaban J connectivity index is 1.73. The maximum atomic E-state index is 11.4. The Morgan fingerprint density at radius 2 is 2.21 bits per heavy atom. The Morgan fingerprint density at radius 1 is 1.36 bits per heavy atom. The summed E-state index contributed by atoms with van der Waals surface area (Å²) in [7, 11) is 0. The van der Waals surface area contributed by atoms with Crippen LogP contribution in [-0.4, -0.2) is 29.8 Å². The van der Waals surface area contributed by atoms with Crippen LogP contribution in [0, 0.1) is 5.92 Å². The third kappa shape index (κ3) is 2.17. The number of hydrogen-bond acceptors (Lipinski definition) is 2. The van der Waals surface area contributed by atoms with E-state index in [1.165, 1.54) is 19.4 Å². The van der Waals surface area contributed by atoms with Crippen LogP contribution in [0.2, 0.25) is 0 Å². The Morgan fingerprint density at radius 3 is 2.79 bits per heavy atom. The maximum Gasteiger partial charge on any atom is 0.136 e. The van der Waals surface area contributed by atoms with Gasteiger partial charge in [0.1, 0.15) is 5.78 Å². The SMILES string of the molecule is CC1CCCN1CCC1CCCC1=O. The molecule has 2 aliphatic rings. The van der Waals surface area contributed by atoms with Crippen LogP contribution in [0.5, 0.6) is 0 Å². The fourth-order valence-corrected chi connectivity index (χ4v) is 2.84. The van der Waals surface area contributed by atoms with E-state index in [1.807, 2.05) is 0 Å². The lowest BCUT2D eigenvalue weighted by Crippen LogP contribution is -2.29. The molecular weight excluding hydrogens is 174 g/mol. The summed E-state index contributed by atoms with van der Waals surface area (Å²) in [6, 6.07) is 0.756. The van der Waals surface area contributed by atoms with E-state index in [0.717, 1.165) is 38.3 Å². The van der Waals surface area contributed by atoms with Crippen molar-refractivity contribution in [3.8, 4) is 0 Å². The molecule has 1 saturated carbocycles. The highest BCUT2D eigenvalue weighted by Crippen LogP contribution is 2.26. The molecule has 1 saturated heterocycles. The molecule has 2 nitrogen and oxygen atoms in total. The minimum atomic E-state index is 0.405. The summed E-state index contributed by atoms with van der Waals surface area (Å²) in [4.78, 5) is 14.0. The van der Waals surface area contributed by atoms with Crippen LogP contribution in [0.4, 0.5) is 0 Å². The fourth-order valence-electron chi connectivity index (χ4n) is 2.84. The van der Waals surface area contributed by atoms with Gasteiger partial charge in [0.2, 0.25) is 0 Å². The second-order valence-corrected chi connectivity index (χ2v) is 4.87. The summed E-state index contributed by atoms with van der Waals surface area (Å²) in [5.74, 6) is 0.930. The number of carbonyl (C=O) groups is 1. The highest BCUT2D eigenvalue weighted by molar-refractivity contribution is 5.82. The summed E-state index contributed by atoms with van der Waals surface area (Å²) in [5, 5.41) is 0. The zero-order chi connectivity index (χ0) is 9.97. The van der Waals surface area contributed by atoms with Gasteiger partial charge in [0.15, 0.2) is 0 Å². The molecule has 0 aromatic heterocycles. The zero-order valence-corrected chi connectivity index (χ0v) is 9.17. The van der Waals surface area contributed by atoms with Crippen molar-refractivity contribution >= 4 is 5.78 Å². The fraction of sp³-hybridized carbons (Fsp3) is 0.917. The van der Waals surface area contributed by atoms with Crippen LogP contribution < -0.4 is 0 Å². The van der Waals surface area contributed by atoms with Crippen molar-refractivity contribution in [3.63, 3.8) is 0 Å². The number of hydrogen-bond donors (Lipinski definition) is 0. The van der Waals surface area contributed by atoms with E-state index in [9.17, 15) is 4.79 Å². The lowest BCUT2D eigenvalue weighted by Gasteiger charge is -2.22. The highest BCUT2D eigenvalue weighted by atomic mass is 16.1. The van der Waals surface area contributed by atoms with Gasteiger partial charge >= 0.3 is 0 Å². The second kappa shape index (κ2) is 4.43. The van der Waals surface area contributed by atoms with Crippen LogP contribution in [0.3, 0.4) is 0 Å². The molecule has 0 radical (unpaired) electrons. The van der Waals surface area contributed by atoms with Gasteiger partial charge in [-0.05, 0) is 52.1 Å². The van der Waals surface area contributed by atoms with Crippen LogP contribution in [-0.2, 0) is 4.79 Å². The van der Waals surface area contributed by atoms with Crippen LogP contribution in [0.15, 0.2) is 0 Å². The molecule has 0 aromatic rings. The minimum absolute atomic E-state index is 0.405. The largest absolute Gasteiger partial charge is 0.301 e. The van der Waals surface area contributed by atoms with E-state index >= 15 is 0 Å².